The molecule has 0 aromatic heterocycles. The molecule has 1 aromatic carbocycles. The molecule has 434 valence electrons. The summed E-state index contributed by atoms with van der Waals surface area (Å²) in [6, 6.07) is -8.62. The summed E-state index contributed by atoms with van der Waals surface area (Å²) < 4.78 is 0. The van der Waals surface area contributed by atoms with Crippen molar-refractivity contribution in [3.8, 4) is 5.75 Å². The van der Waals surface area contributed by atoms with E-state index in [0.29, 0.717) is 12.0 Å². The number of amides is 11. The van der Waals surface area contributed by atoms with E-state index in [1.165, 1.54) is 37.8 Å². The number of aliphatic hydroxyl groups excluding tert-OH is 2. The Hall–Kier alpha value is -7.99. The molecule has 1 fully saturated rings. The van der Waals surface area contributed by atoms with Crippen molar-refractivity contribution in [2.45, 2.75) is 154 Å². The van der Waals surface area contributed by atoms with Gasteiger partial charge in [-0.25, -0.2) is 0 Å². The molecule has 0 unspecified atom stereocenters. The first-order valence-electron chi connectivity index (χ1n) is 24.9. The van der Waals surface area contributed by atoms with Crippen LogP contribution in [-0.2, 0) is 68.7 Å². The summed E-state index contributed by atoms with van der Waals surface area (Å²) in [5.74, 6) is -14.9. The number of hydrogen-bond donors (Lipinski definition) is 16. The highest BCUT2D eigenvalue weighted by Gasteiger charge is 2.42. The van der Waals surface area contributed by atoms with Crippen LogP contribution in [0.15, 0.2) is 24.3 Å². The van der Waals surface area contributed by atoms with Crippen molar-refractivity contribution in [3.05, 3.63) is 29.8 Å². The Bertz CT molecular complexity index is 2350. The monoisotopic (exact) mass is 1110 g/mol. The van der Waals surface area contributed by atoms with Gasteiger partial charge in [-0.05, 0) is 76.0 Å². The topological polar surface area (TPSA) is 487 Å². The number of primary amides is 1. The predicted molar refractivity (Wildman–Crippen MR) is 271 cm³/mol. The van der Waals surface area contributed by atoms with Gasteiger partial charge in [0, 0.05) is 13.0 Å². The van der Waals surface area contributed by atoms with Gasteiger partial charge in [0.15, 0.2) is 0 Å². The number of phenols is 1. The second kappa shape index (κ2) is 31.3. The van der Waals surface area contributed by atoms with Crippen LogP contribution in [0.1, 0.15) is 86.1 Å². The van der Waals surface area contributed by atoms with Crippen LogP contribution in [0.4, 0.5) is 0 Å². The Labute approximate surface area is 448 Å². The molecule has 78 heavy (non-hydrogen) atoms. The van der Waals surface area contributed by atoms with Gasteiger partial charge >= 0.3 is 11.9 Å². The van der Waals surface area contributed by atoms with Crippen LogP contribution in [0, 0.1) is 11.8 Å². The molecule has 0 saturated carbocycles. The number of nitrogens with two attached hydrogens (primary N) is 2. The molecule has 1 heterocycles. The van der Waals surface area contributed by atoms with Crippen LogP contribution in [0.25, 0.3) is 0 Å². The highest BCUT2D eigenvalue weighted by atomic mass is 16.4. The molecule has 30 heteroatoms. The second-order valence-corrected chi connectivity index (χ2v) is 19.4. The zero-order valence-electron chi connectivity index (χ0n) is 44.3. The molecule has 1 aliphatic heterocycles. The fourth-order valence-corrected chi connectivity index (χ4v) is 7.66. The molecule has 2 rings (SSSR count). The number of aliphatic carboxylic acids is 2. The van der Waals surface area contributed by atoms with Gasteiger partial charge in [0.05, 0.1) is 31.7 Å². The summed E-state index contributed by atoms with van der Waals surface area (Å²) in [7, 11) is 0. The minimum atomic E-state index is -1.82. The fourth-order valence-electron chi connectivity index (χ4n) is 7.66. The van der Waals surface area contributed by atoms with Crippen LogP contribution in [0.2, 0.25) is 0 Å². The summed E-state index contributed by atoms with van der Waals surface area (Å²) in [5.41, 5.74) is 12.2. The first-order valence-corrected chi connectivity index (χ1v) is 24.9. The van der Waals surface area contributed by atoms with Gasteiger partial charge in [-0.2, -0.15) is 0 Å². The third kappa shape index (κ3) is 21.2. The summed E-state index contributed by atoms with van der Waals surface area (Å²) in [4.78, 5) is 169. The van der Waals surface area contributed by atoms with Gasteiger partial charge < -0.3 is 89.8 Å². The molecular formula is C48H74N12O18. The van der Waals surface area contributed by atoms with Crippen molar-refractivity contribution in [3.63, 3.8) is 0 Å². The van der Waals surface area contributed by atoms with E-state index in [0.717, 1.165) is 13.8 Å². The van der Waals surface area contributed by atoms with Crippen molar-refractivity contribution in [1.82, 2.24) is 52.8 Å². The molecule has 0 spiro atoms. The van der Waals surface area contributed by atoms with Gasteiger partial charge in [-0.1, -0.05) is 39.8 Å². The quantitative estimate of drug-likeness (QED) is 0.0329. The molecule has 0 radical (unpaired) electrons. The maximum Gasteiger partial charge on any atom is 0.325 e. The van der Waals surface area contributed by atoms with Gasteiger partial charge in [0.2, 0.25) is 65.0 Å². The number of rotatable bonds is 31. The number of hydrogen-bond acceptors (Lipinski definition) is 17. The minimum Gasteiger partial charge on any atom is -0.508 e. The number of carbonyl (C=O) groups is 13. The Morgan fingerprint density at radius 1 is 0.641 bits per heavy atom. The molecule has 1 aliphatic rings. The first kappa shape index (κ1) is 66.1. The van der Waals surface area contributed by atoms with Gasteiger partial charge in [-0.15, -0.1) is 0 Å². The number of aromatic hydroxyl groups is 1. The third-order valence-corrected chi connectivity index (χ3v) is 12.2. The normalized spacial score (nSPS) is 16.9. The van der Waals surface area contributed by atoms with E-state index in [9.17, 15) is 82.8 Å². The number of aliphatic hydroxyl groups is 2. The van der Waals surface area contributed by atoms with Crippen LogP contribution in [0.5, 0.6) is 5.75 Å². The van der Waals surface area contributed by atoms with E-state index in [4.69, 9.17) is 16.6 Å². The maximum atomic E-state index is 14.0. The van der Waals surface area contributed by atoms with Crippen molar-refractivity contribution < 1.29 is 87.9 Å². The minimum absolute atomic E-state index is 0.0201. The van der Waals surface area contributed by atoms with E-state index in [2.05, 4.69) is 47.9 Å². The lowest BCUT2D eigenvalue weighted by atomic mass is 10.00. The number of nitrogens with zero attached hydrogens (tertiary/aromatic N) is 1. The average molecular weight is 1110 g/mol. The van der Waals surface area contributed by atoms with Crippen molar-refractivity contribution in [2.24, 2.45) is 23.3 Å². The molecule has 11 amide bonds. The number of likely N-dealkylation sites (tertiary alicyclic amines) is 1. The first-order chi connectivity index (χ1) is 36.4. The maximum absolute atomic E-state index is 14.0. The Kier molecular flexibility index (Phi) is 26.5. The molecule has 0 bridgehead atoms. The highest BCUT2D eigenvalue weighted by molar-refractivity contribution is 5.99. The standard InChI is InChI=1S/C48H74N12O18/c1-21(2)36(45(74)51-19-34(65)54-31(20-61)43(72)55-29(14-15-35(66)67)41(70)52-23(5)39(68)53-24(6)48(77)78)57-42(71)30(18-33(50)64)56-46(75)38(25(7)62)59-44(73)32-9-8-16-60(32)47(76)37(22(3)4)58-40(69)28(49)17-26-10-12-27(63)13-11-26/h10-13,21-25,28-32,36-38,61-63H,8-9,14-20,49H2,1-7H3,(H2,50,64)(H,51,74)(H,52,70)(H,53,68)(H,54,65)(H,55,72)(H,56,75)(H,57,71)(H,58,69)(H,59,73)(H,66,67)(H,77,78)/t23-,24-,25+,28-,29-,30-,31-,32-,36-,37-,38-/m0/s1. The number of phenolic OH excluding ortho intramolecular Hbond substituents is 1. The molecule has 1 saturated heterocycles. The van der Waals surface area contributed by atoms with Crippen LogP contribution >= 0.6 is 0 Å². The Morgan fingerprint density at radius 2 is 1.19 bits per heavy atom. The third-order valence-electron chi connectivity index (χ3n) is 12.2. The predicted octanol–water partition coefficient (Wildman–Crippen LogP) is -6.20. The number of carboxylic acids is 2. The highest BCUT2D eigenvalue weighted by Crippen LogP contribution is 2.21. The van der Waals surface area contributed by atoms with Gasteiger partial charge in [0.25, 0.3) is 0 Å². The SMILES string of the molecule is CC(C)[C@H](NC(=O)[C@H](CC(N)=O)NC(=O)[C@@H](NC(=O)[C@@H]1CCCN1C(=O)[C@@H](NC(=O)[C@@H](N)Cc1ccc(O)cc1)C(C)C)[C@@H](C)O)C(=O)NCC(=O)N[C@@H](CO)C(=O)N[C@@H](CCC(=O)O)C(=O)N[C@@H](C)C(=O)N[C@@H](C)C(=O)O. The van der Waals surface area contributed by atoms with E-state index < -0.39 is 188 Å². The smallest absolute Gasteiger partial charge is 0.325 e. The molecular weight excluding hydrogens is 1030 g/mol. The number of carbonyl (C=O) groups excluding carboxylic acids is 11. The summed E-state index contributed by atoms with van der Waals surface area (Å²) in [6.07, 6.45) is -3.16. The zero-order chi connectivity index (χ0) is 59.3. The molecule has 0 aliphatic carbocycles. The molecule has 11 atom stereocenters. The molecule has 18 N–H and O–H groups in total. The zero-order valence-corrected chi connectivity index (χ0v) is 44.3. The number of nitrogens with one attached hydrogen (secondary N) is 9. The van der Waals surface area contributed by atoms with Crippen molar-refractivity contribution >= 4 is 76.9 Å². The Balaban J connectivity index is 2.14. The van der Waals surface area contributed by atoms with Gasteiger partial charge in [0.1, 0.15) is 60.1 Å². The summed E-state index contributed by atoms with van der Waals surface area (Å²) >= 11 is 0. The van der Waals surface area contributed by atoms with E-state index in [1.54, 1.807) is 26.0 Å². The fraction of sp³-hybridized carbons (Fsp3) is 0.604. The van der Waals surface area contributed by atoms with Gasteiger partial charge in [-0.3, -0.25) is 62.3 Å². The summed E-state index contributed by atoms with van der Waals surface area (Å²) in [6.45, 7) is 7.88. The van der Waals surface area contributed by atoms with Crippen LogP contribution < -0.4 is 59.3 Å². The number of benzene rings is 1. The van der Waals surface area contributed by atoms with E-state index in [-0.39, 0.29) is 25.1 Å². The van der Waals surface area contributed by atoms with E-state index >= 15 is 0 Å². The van der Waals surface area contributed by atoms with Crippen molar-refractivity contribution in [2.75, 3.05) is 19.7 Å². The largest absolute Gasteiger partial charge is 0.508 e. The lowest BCUT2D eigenvalue weighted by Crippen LogP contribution is -2.62. The van der Waals surface area contributed by atoms with Crippen LogP contribution in [0.3, 0.4) is 0 Å². The van der Waals surface area contributed by atoms with Crippen molar-refractivity contribution in [1.29, 1.82) is 0 Å². The molecule has 1 aromatic rings. The number of carboxylic acid groups (broad SMARTS) is 2. The molecule has 30 nitrogen and oxygen atoms in total. The average Bonchev–Trinajstić information content (AvgIpc) is 3.86. The Morgan fingerprint density at radius 3 is 1.73 bits per heavy atom. The second-order valence-electron chi connectivity index (χ2n) is 19.4. The lowest BCUT2D eigenvalue weighted by molar-refractivity contribution is -0.143. The lowest BCUT2D eigenvalue weighted by Gasteiger charge is -2.32. The van der Waals surface area contributed by atoms with E-state index in [1.807, 2.05) is 0 Å². The van der Waals surface area contributed by atoms with Crippen LogP contribution in [-0.4, -0.2) is 194 Å². The summed E-state index contributed by atoms with van der Waals surface area (Å²) in [5, 5.41) is 68.9.